The van der Waals surface area contributed by atoms with Crippen LogP contribution in [0.4, 0.5) is 11.6 Å². The van der Waals surface area contributed by atoms with Crippen molar-refractivity contribution >= 4 is 11.6 Å². The minimum atomic E-state index is 0.391. The maximum absolute atomic E-state index is 4.30. The number of anilines is 2. The molecule has 1 N–H and O–H groups in total. The second kappa shape index (κ2) is 4.35. The van der Waals surface area contributed by atoms with Crippen molar-refractivity contribution in [3.05, 3.63) is 36.4 Å². The number of imidazole rings is 1. The van der Waals surface area contributed by atoms with Crippen LogP contribution in [-0.2, 0) is 0 Å². The quantitative estimate of drug-likeness (QED) is 0.857. The van der Waals surface area contributed by atoms with E-state index in [1.165, 1.54) is 0 Å². The first kappa shape index (κ1) is 10.7. The van der Waals surface area contributed by atoms with E-state index in [-0.39, 0.29) is 0 Å². The lowest BCUT2D eigenvalue weighted by molar-refractivity contribution is 0.608. The Morgan fingerprint density at radius 2 is 2.12 bits per heavy atom. The first-order valence-corrected chi connectivity index (χ1v) is 5.39. The Bertz CT molecular complexity index is 473. The van der Waals surface area contributed by atoms with Crippen LogP contribution in [0.15, 0.2) is 30.9 Å². The van der Waals surface area contributed by atoms with Crippen LogP contribution in [0.25, 0.3) is 0 Å². The van der Waals surface area contributed by atoms with Gasteiger partial charge in [-0.1, -0.05) is 0 Å². The molecule has 0 aliphatic rings. The first-order valence-electron chi connectivity index (χ1n) is 5.39. The Labute approximate surface area is 95.4 Å². The van der Waals surface area contributed by atoms with Crippen LogP contribution in [-0.4, -0.2) is 14.5 Å². The van der Waals surface area contributed by atoms with Crippen LogP contribution in [0, 0.1) is 6.92 Å². The summed E-state index contributed by atoms with van der Waals surface area (Å²) < 4.78 is 2.09. The molecule has 4 heteroatoms. The maximum Gasteiger partial charge on any atom is 0.207 e. The third kappa shape index (κ3) is 2.05. The van der Waals surface area contributed by atoms with Gasteiger partial charge >= 0.3 is 0 Å². The van der Waals surface area contributed by atoms with Crippen molar-refractivity contribution in [1.29, 1.82) is 0 Å². The summed E-state index contributed by atoms with van der Waals surface area (Å²) in [6.07, 6.45) is 7.37. The Balaban J connectivity index is 2.27. The van der Waals surface area contributed by atoms with Gasteiger partial charge in [-0.2, -0.15) is 0 Å². The van der Waals surface area contributed by atoms with Crippen molar-refractivity contribution in [2.24, 2.45) is 0 Å². The summed E-state index contributed by atoms with van der Waals surface area (Å²) in [5.41, 5.74) is 2.16. The van der Waals surface area contributed by atoms with Crippen LogP contribution in [0.2, 0.25) is 0 Å². The molecule has 4 nitrogen and oxygen atoms in total. The fourth-order valence-electron chi connectivity index (χ4n) is 1.54. The van der Waals surface area contributed by atoms with E-state index in [4.69, 9.17) is 0 Å². The highest BCUT2D eigenvalue weighted by Gasteiger charge is 2.06. The lowest BCUT2D eigenvalue weighted by atomic mass is 10.2. The zero-order valence-corrected chi connectivity index (χ0v) is 9.81. The number of nitrogens with zero attached hydrogens (tertiary/aromatic N) is 3. The van der Waals surface area contributed by atoms with Crippen LogP contribution in [0.3, 0.4) is 0 Å². The predicted octanol–water partition coefficient (Wildman–Crippen LogP) is 2.91. The first-order chi connectivity index (χ1) is 7.68. The minimum Gasteiger partial charge on any atom is -0.324 e. The molecule has 0 unspecified atom stereocenters. The van der Waals surface area contributed by atoms with E-state index >= 15 is 0 Å². The van der Waals surface area contributed by atoms with Crippen molar-refractivity contribution < 1.29 is 0 Å². The molecule has 0 atom stereocenters. The topological polar surface area (TPSA) is 42.7 Å². The normalized spacial score (nSPS) is 10.8. The van der Waals surface area contributed by atoms with Gasteiger partial charge in [-0.15, -0.1) is 0 Å². The molecule has 2 heterocycles. The largest absolute Gasteiger partial charge is 0.324 e. The summed E-state index contributed by atoms with van der Waals surface area (Å²) in [6.45, 7) is 6.30. The molecule has 2 aromatic rings. The van der Waals surface area contributed by atoms with E-state index in [1.54, 1.807) is 12.4 Å². The van der Waals surface area contributed by atoms with Crippen molar-refractivity contribution in [3.8, 4) is 0 Å². The average Bonchev–Trinajstić information content (AvgIpc) is 2.69. The molecule has 0 saturated carbocycles. The van der Waals surface area contributed by atoms with Gasteiger partial charge in [-0.25, -0.2) is 4.98 Å². The molecule has 0 aliphatic heterocycles. The van der Waals surface area contributed by atoms with Gasteiger partial charge < -0.3 is 9.88 Å². The van der Waals surface area contributed by atoms with Gasteiger partial charge in [0.25, 0.3) is 0 Å². The van der Waals surface area contributed by atoms with Gasteiger partial charge in [-0.05, 0) is 32.4 Å². The number of pyridine rings is 1. The number of nitrogens with one attached hydrogen (secondary N) is 1. The molecule has 0 spiro atoms. The summed E-state index contributed by atoms with van der Waals surface area (Å²) >= 11 is 0. The van der Waals surface area contributed by atoms with Gasteiger partial charge in [0, 0.05) is 24.6 Å². The fraction of sp³-hybridized carbons (Fsp3) is 0.333. The van der Waals surface area contributed by atoms with Crippen molar-refractivity contribution in [1.82, 2.24) is 14.5 Å². The number of aryl methyl sites for hydroxylation is 1. The average molecular weight is 216 g/mol. The second-order valence-electron chi connectivity index (χ2n) is 4.07. The van der Waals surface area contributed by atoms with Gasteiger partial charge in [0.1, 0.15) is 0 Å². The van der Waals surface area contributed by atoms with Crippen molar-refractivity contribution in [2.45, 2.75) is 26.8 Å². The second-order valence-corrected chi connectivity index (χ2v) is 4.07. The molecular weight excluding hydrogens is 200 g/mol. The molecule has 0 aromatic carbocycles. The molecule has 2 aromatic heterocycles. The highest BCUT2D eigenvalue weighted by molar-refractivity contribution is 5.56. The predicted molar refractivity (Wildman–Crippen MR) is 64.9 cm³/mol. The fourth-order valence-corrected chi connectivity index (χ4v) is 1.54. The molecule has 0 aliphatic carbocycles. The summed E-state index contributed by atoms with van der Waals surface area (Å²) in [5, 5.41) is 3.29. The van der Waals surface area contributed by atoms with Gasteiger partial charge in [0.15, 0.2) is 0 Å². The van der Waals surface area contributed by atoms with Crippen molar-refractivity contribution in [3.63, 3.8) is 0 Å². The molecule has 0 fully saturated rings. The summed E-state index contributed by atoms with van der Waals surface area (Å²) in [5.74, 6) is 0.853. The van der Waals surface area contributed by atoms with Gasteiger partial charge in [0.05, 0.1) is 11.9 Å². The Hall–Kier alpha value is -1.84. The standard InChI is InChI=1S/C12H16N4/c1-9(2)16-7-6-14-12(16)15-11-8-13-5-4-10(11)3/h4-9H,1-3H3,(H,14,15). The highest BCUT2D eigenvalue weighted by atomic mass is 15.2. The van der Waals surface area contributed by atoms with Gasteiger partial charge in [-0.3, -0.25) is 4.98 Å². The molecular formula is C12H16N4. The maximum atomic E-state index is 4.30. The lowest BCUT2D eigenvalue weighted by Gasteiger charge is -2.13. The number of aromatic nitrogens is 3. The molecule has 0 saturated heterocycles. The van der Waals surface area contributed by atoms with Gasteiger partial charge in [0.2, 0.25) is 5.95 Å². The Morgan fingerprint density at radius 3 is 2.81 bits per heavy atom. The molecule has 0 bridgehead atoms. The van der Waals surface area contributed by atoms with Crippen LogP contribution < -0.4 is 5.32 Å². The summed E-state index contributed by atoms with van der Waals surface area (Å²) in [6, 6.07) is 2.37. The summed E-state index contributed by atoms with van der Waals surface area (Å²) in [4.78, 5) is 8.40. The van der Waals surface area contributed by atoms with E-state index in [2.05, 4.69) is 33.7 Å². The Kier molecular flexibility index (Phi) is 2.90. The zero-order chi connectivity index (χ0) is 11.5. The third-order valence-corrected chi connectivity index (χ3v) is 2.51. The van der Waals surface area contributed by atoms with E-state index < -0.39 is 0 Å². The molecule has 16 heavy (non-hydrogen) atoms. The van der Waals surface area contributed by atoms with Crippen LogP contribution >= 0.6 is 0 Å². The third-order valence-electron chi connectivity index (χ3n) is 2.51. The van der Waals surface area contributed by atoms with E-state index in [0.29, 0.717) is 6.04 Å². The summed E-state index contributed by atoms with van der Waals surface area (Å²) in [7, 11) is 0. The highest BCUT2D eigenvalue weighted by Crippen LogP contribution is 2.20. The van der Waals surface area contributed by atoms with E-state index in [0.717, 1.165) is 17.2 Å². The minimum absolute atomic E-state index is 0.391. The van der Waals surface area contributed by atoms with Crippen molar-refractivity contribution in [2.75, 3.05) is 5.32 Å². The zero-order valence-electron chi connectivity index (χ0n) is 9.81. The molecule has 2 rings (SSSR count). The Morgan fingerprint density at radius 1 is 1.31 bits per heavy atom. The molecule has 0 radical (unpaired) electrons. The smallest absolute Gasteiger partial charge is 0.207 e. The molecule has 0 amide bonds. The van der Waals surface area contributed by atoms with E-state index in [1.807, 2.05) is 25.4 Å². The monoisotopic (exact) mass is 216 g/mol. The van der Waals surface area contributed by atoms with E-state index in [9.17, 15) is 0 Å². The lowest BCUT2D eigenvalue weighted by Crippen LogP contribution is -2.06. The number of rotatable bonds is 3. The van der Waals surface area contributed by atoms with Crippen LogP contribution in [0.1, 0.15) is 25.5 Å². The van der Waals surface area contributed by atoms with Crippen LogP contribution in [0.5, 0.6) is 0 Å². The molecule has 84 valence electrons. The number of hydrogen-bond acceptors (Lipinski definition) is 3. The SMILES string of the molecule is Cc1ccncc1Nc1nccn1C(C)C. The number of hydrogen-bond donors (Lipinski definition) is 1.